The van der Waals surface area contributed by atoms with Crippen LogP contribution < -0.4 is 5.73 Å². The van der Waals surface area contributed by atoms with Crippen LogP contribution in [0.15, 0.2) is 0 Å². The molecule has 2 nitrogen and oxygen atoms in total. The SMILES string of the molecule is CC#CCN(C)C1CCCCC1CN. The van der Waals surface area contributed by atoms with E-state index in [1.807, 2.05) is 6.92 Å². The second kappa shape index (κ2) is 6.06. The lowest BCUT2D eigenvalue weighted by atomic mass is 9.84. The summed E-state index contributed by atoms with van der Waals surface area (Å²) in [7, 11) is 2.17. The fourth-order valence-electron chi connectivity index (χ4n) is 2.36. The molecule has 0 amide bonds. The molecule has 2 atom stereocenters. The van der Waals surface area contributed by atoms with Gasteiger partial charge >= 0.3 is 0 Å². The summed E-state index contributed by atoms with van der Waals surface area (Å²) in [5, 5.41) is 0. The Kier molecular flexibility index (Phi) is 5.00. The summed E-state index contributed by atoms with van der Waals surface area (Å²) < 4.78 is 0. The Balaban J connectivity index is 2.48. The predicted molar refractivity (Wildman–Crippen MR) is 60.9 cm³/mol. The Bertz CT molecular complexity index is 214. The van der Waals surface area contributed by atoms with Gasteiger partial charge in [-0.15, -0.1) is 5.92 Å². The van der Waals surface area contributed by atoms with E-state index in [0.29, 0.717) is 12.0 Å². The van der Waals surface area contributed by atoms with Crippen molar-refractivity contribution in [2.24, 2.45) is 11.7 Å². The molecule has 1 saturated carbocycles. The highest BCUT2D eigenvalue weighted by molar-refractivity contribution is 4.99. The predicted octanol–water partition coefficient (Wildman–Crippen LogP) is 1.46. The number of nitrogens with two attached hydrogens (primary N) is 1. The Morgan fingerprint density at radius 3 is 2.71 bits per heavy atom. The van der Waals surface area contributed by atoms with Crippen LogP contribution in [0.2, 0.25) is 0 Å². The number of rotatable bonds is 3. The molecule has 1 fully saturated rings. The molecule has 2 N–H and O–H groups in total. The van der Waals surface area contributed by atoms with Crippen LogP contribution in [-0.2, 0) is 0 Å². The van der Waals surface area contributed by atoms with Gasteiger partial charge in [0.1, 0.15) is 0 Å². The van der Waals surface area contributed by atoms with Gasteiger partial charge in [-0.25, -0.2) is 0 Å². The van der Waals surface area contributed by atoms with Gasteiger partial charge in [0, 0.05) is 6.04 Å². The zero-order chi connectivity index (χ0) is 10.4. The molecule has 0 aromatic carbocycles. The summed E-state index contributed by atoms with van der Waals surface area (Å²) in [4.78, 5) is 2.37. The normalized spacial score (nSPS) is 27.1. The van der Waals surface area contributed by atoms with Crippen molar-refractivity contribution in [3.63, 3.8) is 0 Å². The van der Waals surface area contributed by atoms with E-state index in [4.69, 9.17) is 5.73 Å². The summed E-state index contributed by atoms with van der Waals surface area (Å²) in [6.45, 7) is 3.61. The Hall–Kier alpha value is -0.520. The van der Waals surface area contributed by atoms with E-state index in [1.54, 1.807) is 0 Å². The zero-order valence-electron chi connectivity index (χ0n) is 9.42. The molecule has 0 bridgehead atoms. The van der Waals surface area contributed by atoms with Crippen molar-refractivity contribution in [3.8, 4) is 11.8 Å². The first-order valence-corrected chi connectivity index (χ1v) is 5.59. The van der Waals surface area contributed by atoms with Gasteiger partial charge in [0.2, 0.25) is 0 Å². The first kappa shape index (κ1) is 11.6. The molecule has 2 unspecified atom stereocenters. The third-order valence-electron chi connectivity index (χ3n) is 3.24. The maximum absolute atomic E-state index is 5.80. The fraction of sp³-hybridized carbons (Fsp3) is 0.833. The molecule has 1 rings (SSSR count). The minimum Gasteiger partial charge on any atom is -0.330 e. The van der Waals surface area contributed by atoms with Crippen molar-refractivity contribution in [2.75, 3.05) is 20.1 Å². The van der Waals surface area contributed by atoms with E-state index in [2.05, 4.69) is 23.8 Å². The average Bonchev–Trinajstić information content (AvgIpc) is 2.25. The molecule has 0 saturated heterocycles. The maximum Gasteiger partial charge on any atom is 0.0601 e. The van der Waals surface area contributed by atoms with Crippen molar-refractivity contribution in [3.05, 3.63) is 0 Å². The highest BCUT2D eigenvalue weighted by Crippen LogP contribution is 2.26. The molecule has 0 aliphatic heterocycles. The molecule has 2 heteroatoms. The van der Waals surface area contributed by atoms with Crippen LogP contribution in [-0.4, -0.2) is 31.1 Å². The monoisotopic (exact) mass is 194 g/mol. The summed E-state index contributed by atoms with van der Waals surface area (Å²) in [5.41, 5.74) is 5.80. The van der Waals surface area contributed by atoms with Gasteiger partial charge in [-0.05, 0) is 39.3 Å². The minimum atomic E-state index is 0.662. The summed E-state index contributed by atoms with van der Waals surface area (Å²) in [5.74, 6) is 6.76. The van der Waals surface area contributed by atoms with Crippen LogP contribution in [0.1, 0.15) is 32.6 Å². The van der Waals surface area contributed by atoms with E-state index in [0.717, 1.165) is 13.1 Å². The van der Waals surface area contributed by atoms with Crippen LogP contribution in [0.5, 0.6) is 0 Å². The van der Waals surface area contributed by atoms with Gasteiger partial charge in [-0.1, -0.05) is 18.8 Å². The summed E-state index contributed by atoms with van der Waals surface area (Å²) in [6.07, 6.45) is 5.30. The third kappa shape index (κ3) is 3.01. The molecule has 0 radical (unpaired) electrons. The highest BCUT2D eigenvalue weighted by atomic mass is 15.1. The van der Waals surface area contributed by atoms with E-state index in [1.165, 1.54) is 25.7 Å². The van der Waals surface area contributed by atoms with Crippen molar-refractivity contribution >= 4 is 0 Å². The topological polar surface area (TPSA) is 29.3 Å². The zero-order valence-corrected chi connectivity index (χ0v) is 9.42. The standard InChI is InChI=1S/C12H22N2/c1-3-4-9-14(2)12-8-6-5-7-11(12)10-13/h11-12H,5-10,13H2,1-2H3. The van der Waals surface area contributed by atoms with Crippen molar-refractivity contribution in [1.82, 2.24) is 4.90 Å². The lowest BCUT2D eigenvalue weighted by Gasteiger charge is -2.36. The molecule has 0 heterocycles. The third-order valence-corrected chi connectivity index (χ3v) is 3.24. The van der Waals surface area contributed by atoms with Gasteiger partial charge in [0.05, 0.1) is 6.54 Å². The van der Waals surface area contributed by atoms with Crippen LogP contribution in [0.4, 0.5) is 0 Å². The summed E-state index contributed by atoms with van der Waals surface area (Å²) >= 11 is 0. The van der Waals surface area contributed by atoms with Crippen molar-refractivity contribution < 1.29 is 0 Å². The fourth-order valence-corrected chi connectivity index (χ4v) is 2.36. The van der Waals surface area contributed by atoms with Crippen LogP contribution >= 0.6 is 0 Å². The molecule has 0 aromatic heterocycles. The number of hydrogen-bond acceptors (Lipinski definition) is 2. The largest absolute Gasteiger partial charge is 0.330 e. The lowest BCUT2D eigenvalue weighted by Crippen LogP contribution is -2.43. The lowest BCUT2D eigenvalue weighted by molar-refractivity contribution is 0.148. The smallest absolute Gasteiger partial charge is 0.0601 e. The minimum absolute atomic E-state index is 0.662. The number of nitrogens with zero attached hydrogens (tertiary/aromatic N) is 1. The Morgan fingerprint density at radius 1 is 1.36 bits per heavy atom. The van der Waals surface area contributed by atoms with Gasteiger partial charge < -0.3 is 5.73 Å². The molecular formula is C12H22N2. The molecule has 0 aromatic rings. The highest BCUT2D eigenvalue weighted by Gasteiger charge is 2.26. The summed E-state index contributed by atoms with van der Waals surface area (Å²) in [6, 6.07) is 0.662. The van der Waals surface area contributed by atoms with Crippen molar-refractivity contribution in [2.45, 2.75) is 38.6 Å². The van der Waals surface area contributed by atoms with Crippen LogP contribution in [0.25, 0.3) is 0 Å². The van der Waals surface area contributed by atoms with Crippen LogP contribution in [0.3, 0.4) is 0 Å². The molecule has 80 valence electrons. The first-order valence-electron chi connectivity index (χ1n) is 5.59. The maximum atomic E-state index is 5.80. The van der Waals surface area contributed by atoms with Gasteiger partial charge in [0.15, 0.2) is 0 Å². The molecule has 1 aliphatic rings. The Morgan fingerprint density at radius 2 is 2.07 bits per heavy atom. The Labute approximate surface area is 87.8 Å². The van der Waals surface area contributed by atoms with Gasteiger partial charge in [-0.3, -0.25) is 4.90 Å². The van der Waals surface area contributed by atoms with E-state index in [-0.39, 0.29) is 0 Å². The molecule has 1 aliphatic carbocycles. The molecular weight excluding hydrogens is 172 g/mol. The van der Waals surface area contributed by atoms with Gasteiger partial charge in [0.25, 0.3) is 0 Å². The molecule has 0 spiro atoms. The quantitative estimate of drug-likeness (QED) is 0.689. The molecule has 14 heavy (non-hydrogen) atoms. The second-order valence-electron chi connectivity index (χ2n) is 4.19. The van der Waals surface area contributed by atoms with E-state index in [9.17, 15) is 0 Å². The van der Waals surface area contributed by atoms with Crippen molar-refractivity contribution in [1.29, 1.82) is 0 Å². The number of hydrogen-bond donors (Lipinski definition) is 1. The van der Waals surface area contributed by atoms with E-state index >= 15 is 0 Å². The van der Waals surface area contributed by atoms with E-state index < -0.39 is 0 Å². The first-order chi connectivity index (χ1) is 6.79. The average molecular weight is 194 g/mol. The second-order valence-corrected chi connectivity index (χ2v) is 4.19. The van der Waals surface area contributed by atoms with Crippen LogP contribution in [0, 0.1) is 17.8 Å². The van der Waals surface area contributed by atoms with Gasteiger partial charge in [-0.2, -0.15) is 0 Å².